The van der Waals surface area contributed by atoms with Crippen LogP contribution in [0.5, 0.6) is 0 Å². The highest BCUT2D eigenvalue weighted by Gasteiger charge is 2.16. The van der Waals surface area contributed by atoms with Gasteiger partial charge in [-0.25, -0.2) is 9.78 Å². The summed E-state index contributed by atoms with van der Waals surface area (Å²) >= 11 is 5.50. The molecule has 5 nitrogen and oxygen atoms in total. The van der Waals surface area contributed by atoms with Crippen LogP contribution < -0.4 is 5.46 Å². The Labute approximate surface area is 78.8 Å². The maximum atomic E-state index is 10.4. The van der Waals surface area contributed by atoms with Gasteiger partial charge in [0.2, 0.25) is 0 Å². The molecule has 1 aromatic heterocycles. The van der Waals surface area contributed by atoms with E-state index in [0.29, 0.717) is 0 Å². The number of hydrogen-bond donors (Lipinski definition) is 3. The molecule has 0 atom stereocenters. The van der Waals surface area contributed by atoms with Crippen LogP contribution in [0, 0.1) is 0 Å². The van der Waals surface area contributed by atoms with Crippen LogP contribution >= 0.6 is 11.6 Å². The van der Waals surface area contributed by atoms with Crippen LogP contribution in [0.4, 0.5) is 0 Å². The van der Waals surface area contributed by atoms with Gasteiger partial charge in [-0.3, -0.25) is 0 Å². The lowest BCUT2D eigenvalue weighted by molar-refractivity contribution is 0.0690. The van der Waals surface area contributed by atoms with Crippen molar-refractivity contribution in [2.24, 2.45) is 0 Å². The van der Waals surface area contributed by atoms with Crippen molar-refractivity contribution in [1.29, 1.82) is 0 Å². The first-order valence-electron chi connectivity index (χ1n) is 3.27. The van der Waals surface area contributed by atoms with Crippen LogP contribution in [-0.2, 0) is 0 Å². The van der Waals surface area contributed by atoms with Crippen LogP contribution in [-0.4, -0.2) is 33.2 Å². The zero-order valence-corrected chi connectivity index (χ0v) is 7.06. The van der Waals surface area contributed by atoms with E-state index in [1.54, 1.807) is 0 Å². The van der Waals surface area contributed by atoms with Gasteiger partial charge in [0.25, 0.3) is 0 Å². The standard InChI is InChI=1S/C6H5BClNO4/c8-4-1-3(7(12)13)2-9-5(4)6(10)11/h1-2,12-13H,(H,10,11). The summed E-state index contributed by atoms with van der Waals surface area (Å²) in [5, 5.41) is 25.8. The number of nitrogens with zero attached hydrogens (tertiary/aromatic N) is 1. The maximum absolute atomic E-state index is 10.4. The molecule has 1 rings (SSSR count). The summed E-state index contributed by atoms with van der Waals surface area (Å²) in [5.41, 5.74) is -0.263. The van der Waals surface area contributed by atoms with Crippen molar-refractivity contribution in [3.63, 3.8) is 0 Å². The van der Waals surface area contributed by atoms with Crippen LogP contribution in [0.15, 0.2) is 12.3 Å². The van der Waals surface area contributed by atoms with E-state index >= 15 is 0 Å². The van der Waals surface area contributed by atoms with Gasteiger partial charge < -0.3 is 15.2 Å². The first kappa shape index (κ1) is 9.98. The molecule has 0 aromatic carbocycles. The number of hydrogen-bond acceptors (Lipinski definition) is 4. The summed E-state index contributed by atoms with van der Waals surface area (Å²) in [7, 11) is -1.70. The SMILES string of the molecule is O=C(O)c1ncc(B(O)O)cc1Cl. The highest BCUT2D eigenvalue weighted by Crippen LogP contribution is 2.10. The molecular formula is C6H5BClNO4. The largest absolute Gasteiger partial charge is 0.490 e. The third-order valence-electron chi connectivity index (χ3n) is 1.36. The number of aromatic nitrogens is 1. The van der Waals surface area contributed by atoms with E-state index in [2.05, 4.69) is 4.98 Å². The van der Waals surface area contributed by atoms with E-state index < -0.39 is 13.1 Å². The molecule has 68 valence electrons. The highest BCUT2D eigenvalue weighted by atomic mass is 35.5. The van der Waals surface area contributed by atoms with E-state index in [9.17, 15) is 4.79 Å². The molecule has 0 aliphatic rings. The fourth-order valence-corrected chi connectivity index (χ4v) is 1.01. The molecule has 0 unspecified atom stereocenters. The summed E-state index contributed by atoms with van der Waals surface area (Å²) in [6, 6.07) is 1.14. The van der Waals surface area contributed by atoms with E-state index in [4.69, 9.17) is 26.8 Å². The van der Waals surface area contributed by atoms with E-state index in [-0.39, 0.29) is 16.2 Å². The van der Waals surface area contributed by atoms with Gasteiger partial charge in [-0.05, 0) is 6.07 Å². The average Bonchev–Trinajstić information content (AvgIpc) is 2.03. The summed E-state index contributed by atoms with van der Waals surface area (Å²) in [5.74, 6) is -1.26. The lowest BCUT2D eigenvalue weighted by atomic mass is 9.82. The molecule has 0 spiro atoms. The molecule has 0 bridgehead atoms. The Kier molecular flexibility index (Phi) is 2.87. The third-order valence-corrected chi connectivity index (χ3v) is 1.65. The third kappa shape index (κ3) is 2.18. The predicted octanol–water partition coefficient (Wildman–Crippen LogP) is -0.887. The van der Waals surface area contributed by atoms with Gasteiger partial charge in [0, 0.05) is 11.7 Å². The lowest BCUT2D eigenvalue weighted by Crippen LogP contribution is -2.30. The van der Waals surface area contributed by atoms with Crippen molar-refractivity contribution >= 4 is 30.2 Å². The molecule has 0 saturated heterocycles. The molecule has 0 aliphatic carbocycles. The zero-order chi connectivity index (χ0) is 10.0. The lowest BCUT2D eigenvalue weighted by Gasteiger charge is -2.01. The second kappa shape index (κ2) is 3.74. The second-order valence-corrected chi connectivity index (χ2v) is 2.69. The molecule has 0 amide bonds. The fourth-order valence-electron chi connectivity index (χ4n) is 0.751. The molecule has 3 N–H and O–H groups in total. The second-order valence-electron chi connectivity index (χ2n) is 2.28. The monoisotopic (exact) mass is 201 g/mol. The van der Waals surface area contributed by atoms with E-state index in [1.165, 1.54) is 0 Å². The summed E-state index contributed by atoms with van der Waals surface area (Å²) in [4.78, 5) is 13.9. The van der Waals surface area contributed by atoms with E-state index in [0.717, 1.165) is 12.3 Å². The minimum atomic E-state index is -1.70. The Morgan fingerprint density at radius 3 is 2.54 bits per heavy atom. The Morgan fingerprint density at radius 2 is 2.15 bits per heavy atom. The number of carboxylic acid groups (broad SMARTS) is 1. The van der Waals surface area contributed by atoms with Crippen molar-refractivity contribution in [3.8, 4) is 0 Å². The van der Waals surface area contributed by atoms with Crippen molar-refractivity contribution in [2.75, 3.05) is 0 Å². The molecule has 0 aliphatic heterocycles. The molecule has 13 heavy (non-hydrogen) atoms. The normalized spacial score (nSPS) is 9.77. The number of pyridine rings is 1. The van der Waals surface area contributed by atoms with Crippen molar-refractivity contribution in [3.05, 3.63) is 23.0 Å². The minimum Gasteiger partial charge on any atom is -0.476 e. The van der Waals surface area contributed by atoms with Crippen LogP contribution in [0.3, 0.4) is 0 Å². The van der Waals surface area contributed by atoms with Crippen LogP contribution in [0.25, 0.3) is 0 Å². The fraction of sp³-hybridized carbons (Fsp3) is 0. The van der Waals surface area contributed by atoms with Crippen LogP contribution in [0.2, 0.25) is 5.02 Å². The molecular weight excluding hydrogens is 196 g/mol. The Hall–Kier alpha value is -1.11. The van der Waals surface area contributed by atoms with Gasteiger partial charge in [0.05, 0.1) is 5.02 Å². The minimum absolute atomic E-state index is 0.0509. The zero-order valence-electron chi connectivity index (χ0n) is 6.31. The van der Waals surface area contributed by atoms with Gasteiger partial charge >= 0.3 is 13.1 Å². The summed E-state index contributed by atoms with van der Waals surface area (Å²) in [6.07, 6.45) is 1.04. The predicted molar refractivity (Wildman–Crippen MR) is 46.0 cm³/mol. The summed E-state index contributed by atoms with van der Waals surface area (Å²) < 4.78 is 0. The van der Waals surface area contributed by atoms with E-state index in [1.807, 2.05) is 0 Å². The topological polar surface area (TPSA) is 90.7 Å². The summed E-state index contributed by atoms with van der Waals surface area (Å²) in [6.45, 7) is 0. The smallest absolute Gasteiger partial charge is 0.476 e. The average molecular weight is 201 g/mol. The Balaban J connectivity index is 3.13. The first-order chi connectivity index (χ1) is 6.02. The Bertz CT molecular complexity index is 343. The highest BCUT2D eigenvalue weighted by molar-refractivity contribution is 6.59. The molecule has 0 radical (unpaired) electrons. The van der Waals surface area contributed by atoms with Gasteiger partial charge in [-0.1, -0.05) is 11.6 Å². The number of carboxylic acids is 1. The van der Waals surface area contributed by atoms with Crippen molar-refractivity contribution in [1.82, 2.24) is 4.98 Å². The molecule has 0 saturated carbocycles. The molecule has 7 heteroatoms. The first-order valence-corrected chi connectivity index (χ1v) is 3.65. The van der Waals surface area contributed by atoms with Gasteiger partial charge in [0.15, 0.2) is 5.69 Å². The number of halogens is 1. The number of carbonyl (C=O) groups is 1. The Morgan fingerprint density at radius 1 is 1.54 bits per heavy atom. The number of rotatable bonds is 2. The van der Waals surface area contributed by atoms with Crippen molar-refractivity contribution in [2.45, 2.75) is 0 Å². The quantitative estimate of drug-likeness (QED) is 0.540. The molecule has 1 aromatic rings. The van der Waals surface area contributed by atoms with Gasteiger partial charge in [0.1, 0.15) is 0 Å². The van der Waals surface area contributed by atoms with Gasteiger partial charge in [-0.15, -0.1) is 0 Å². The molecule has 0 fully saturated rings. The van der Waals surface area contributed by atoms with Gasteiger partial charge in [-0.2, -0.15) is 0 Å². The number of aromatic carboxylic acids is 1. The van der Waals surface area contributed by atoms with Crippen molar-refractivity contribution < 1.29 is 19.9 Å². The van der Waals surface area contributed by atoms with Crippen LogP contribution in [0.1, 0.15) is 10.5 Å². The maximum Gasteiger partial charge on any atom is 0.490 e. The molecule has 1 heterocycles.